The molecule has 3 heterocycles. The summed E-state index contributed by atoms with van der Waals surface area (Å²) in [6, 6.07) is 10.2. The number of piperazine rings is 1. The van der Waals surface area contributed by atoms with Gasteiger partial charge in [0.25, 0.3) is 0 Å². The Morgan fingerprint density at radius 2 is 1.84 bits per heavy atom. The first kappa shape index (κ1) is 21.0. The summed E-state index contributed by atoms with van der Waals surface area (Å²) >= 11 is 12.6. The van der Waals surface area contributed by atoms with Crippen molar-refractivity contribution in [3.63, 3.8) is 0 Å². The maximum atomic E-state index is 6.46. The maximum Gasteiger partial charge on any atom is 0.146 e. The van der Waals surface area contributed by atoms with Crippen molar-refractivity contribution in [2.45, 2.75) is 38.7 Å². The molecule has 2 aromatic carbocycles. The number of aromatic nitrogens is 1. The van der Waals surface area contributed by atoms with Crippen LogP contribution in [0.5, 0.6) is 5.75 Å². The Morgan fingerprint density at radius 1 is 1.03 bits per heavy atom. The Kier molecular flexibility index (Phi) is 5.58. The van der Waals surface area contributed by atoms with Crippen LogP contribution in [-0.4, -0.2) is 48.2 Å². The van der Waals surface area contributed by atoms with Crippen molar-refractivity contribution in [1.82, 2.24) is 9.88 Å². The SMILES string of the molecule is CC1(C)CCc2cc(Cl)cc(N3CCN(CCc4c[nH]c5cc(Cl)ccc45)CC3)c2O1. The highest BCUT2D eigenvalue weighted by Gasteiger charge is 2.31. The molecule has 3 aromatic rings. The third kappa shape index (κ3) is 4.39. The highest BCUT2D eigenvalue weighted by atomic mass is 35.5. The van der Waals surface area contributed by atoms with Crippen LogP contribution >= 0.6 is 23.2 Å². The zero-order valence-corrected chi connectivity index (χ0v) is 19.7. The van der Waals surface area contributed by atoms with E-state index in [0.29, 0.717) is 0 Å². The Hall–Kier alpha value is -1.88. The van der Waals surface area contributed by atoms with Gasteiger partial charge < -0.3 is 14.6 Å². The van der Waals surface area contributed by atoms with Gasteiger partial charge in [-0.3, -0.25) is 4.90 Å². The van der Waals surface area contributed by atoms with Crippen molar-refractivity contribution >= 4 is 39.8 Å². The molecule has 2 aliphatic rings. The van der Waals surface area contributed by atoms with Gasteiger partial charge >= 0.3 is 0 Å². The molecule has 164 valence electrons. The molecule has 1 saturated heterocycles. The van der Waals surface area contributed by atoms with Crippen LogP contribution in [0, 0.1) is 0 Å². The smallest absolute Gasteiger partial charge is 0.146 e. The Morgan fingerprint density at radius 3 is 2.65 bits per heavy atom. The van der Waals surface area contributed by atoms with E-state index in [0.717, 1.165) is 79.0 Å². The zero-order valence-electron chi connectivity index (χ0n) is 18.2. The van der Waals surface area contributed by atoms with Gasteiger partial charge in [-0.2, -0.15) is 0 Å². The van der Waals surface area contributed by atoms with Crippen molar-refractivity contribution in [3.05, 3.63) is 57.7 Å². The zero-order chi connectivity index (χ0) is 21.6. The molecular formula is C25H29Cl2N3O. The van der Waals surface area contributed by atoms with Gasteiger partial charge in [-0.15, -0.1) is 0 Å². The lowest BCUT2D eigenvalue weighted by Gasteiger charge is -2.40. The molecule has 0 aliphatic carbocycles. The average Bonchev–Trinajstić information content (AvgIpc) is 3.14. The van der Waals surface area contributed by atoms with Gasteiger partial charge in [-0.25, -0.2) is 0 Å². The van der Waals surface area contributed by atoms with E-state index in [4.69, 9.17) is 27.9 Å². The average molecular weight is 458 g/mol. The van der Waals surface area contributed by atoms with Crippen LogP contribution < -0.4 is 9.64 Å². The number of nitrogens with zero attached hydrogens (tertiary/aromatic N) is 2. The molecular weight excluding hydrogens is 429 g/mol. The van der Waals surface area contributed by atoms with Crippen molar-refractivity contribution in [2.24, 2.45) is 0 Å². The summed E-state index contributed by atoms with van der Waals surface area (Å²) in [6.07, 6.45) is 5.19. The van der Waals surface area contributed by atoms with Crippen LogP contribution in [0.4, 0.5) is 5.69 Å². The lowest BCUT2D eigenvalue weighted by Crippen LogP contribution is -2.47. The number of halogens is 2. The molecule has 0 radical (unpaired) electrons. The summed E-state index contributed by atoms with van der Waals surface area (Å²) < 4.78 is 6.40. The molecule has 0 saturated carbocycles. The molecule has 1 fully saturated rings. The van der Waals surface area contributed by atoms with Gasteiger partial charge in [0.1, 0.15) is 11.4 Å². The molecule has 0 unspecified atom stereocenters. The fourth-order valence-corrected chi connectivity index (χ4v) is 5.20. The summed E-state index contributed by atoms with van der Waals surface area (Å²) in [5.41, 5.74) is 4.74. The first-order valence-electron chi connectivity index (χ1n) is 11.1. The van der Waals surface area contributed by atoms with Crippen LogP contribution in [0.3, 0.4) is 0 Å². The van der Waals surface area contributed by atoms with Gasteiger partial charge in [0, 0.05) is 59.9 Å². The number of aryl methyl sites for hydroxylation is 1. The van der Waals surface area contributed by atoms with Gasteiger partial charge in [-0.05, 0) is 68.5 Å². The van der Waals surface area contributed by atoms with E-state index in [1.165, 1.54) is 16.5 Å². The first-order chi connectivity index (χ1) is 14.9. The van der Waals surface area contributed by atoms with Crippen molar-refractivity contribution in [2.75, 3.05) is 37.6 Å². The minimum atomic E-state index is -0.124. The topological polar surface area (TPSA) is 31.5 Å². The summed E-state index contributed by atoms with van der Waals surface area (Å²) in [6.45, 7) is 9.45. The summed E-state index contributed by atoms with van der Waals surface area (Å²) in [5.74, 6) is 1.03. The minimum Gasteiger partial charge on any atom is -0.485 e. The number of benzene rings is 2. The molecule has 1 N–H and O–H groups in total. The molecule has 1 aromatic heterocycles. The Bertz CT molecular complexity index is 1100. The van der Waals surface area contributed by atoms with E-state index in [2.05, 4.69) is 53.0 Å². The normalized spacial score (nSPS) is 18.8. The van der Waals surface area contributed by atoms with Crippen molar-refractivity contribution < 1.29 is 4.74 Å². The number of hydrogen-bond donors (Lipinski definition) is 1. The van der Waals surface area contributed by atoms with E-state index < -0.39 is 0 Å². The van der Waals surface area contributed by atoms with Gasteiger partial charge in [0.2, 0.25) is 0 Å². The number of aromatic amines is 1. The van der Waals surface area contributed by atoms with Gasteiger partial charge in [-0.1, -0.05) is 29.3 Å². The number of H-pyrrole nitrogens is 1. The van der Waals surface area contributed by atoms with E-state index >= 15 is 0 Å². The van der Waals surface area contributed by atoms with Crippen molar-refractivity contribution in [3.8, 4) is 5.75 Å². The molecule has 0 spiro atoms. The fourth-order valence-electron chi connectivity index (χ4n) is 4.79. The third-order valence-corrected chi connectivity index (χ3v) is 7.08. The number of fused-ring (bicyclic) bond motifs is 2. The van der Waals surface area contributed by atoms with E-state index in [9.17, 15) is 0 Å². The predicted molar refractivity (Wildman–Crippen MR) is 130 cm³/mol. The van der Waals surface area contributed by atoms with Crippen LogP contribution in [0.1, 0.15) is 31.4 Å². The fraction of sp³-hybridized carbons (Fsp3) is 0.440. The van der Waals surface area contributed by atoms with Crippen LogP contribution in [-0.2, 0) is 12.8 Å². The minimum absolute atomic E-state index is 0.124. The summed E-state index contributed by atoms with van der Waals surface area (Å²) in [5, 5.41) is 2.85. The van der Waals surface area contributed by atoms with E-state index in [1.54, 1.807) is 0 Å². The largest absolute Gasteiger partial charge is 0.485 e. The quantitative estimate of drug-likeness (QED) is 0.525. The molecule has 4 nitrogen and oxygen atoms in total. The number of hydrogen-bond acceptors (Lipinski definition) is 3. The van der Waals surface area contributed by atoms with Crippen LogP contribution in [0.25, 0.3) is 10.9 Å². The van der Waals surface area contributed by atoms with E-state index in [-0.39, 0.29) is 5.60 Å². The number of ether oxygens (including phenoxy) is 1. The van der Waals surface area contributed by atoms with Crippen molar-refractivity contribution in [1.29, 1.82) is 0 Å². The Labute approximate surface area is 194 Å². The third-order valence-electron chi connectivity index (χ3n) is 6.63. The number of nitrogens with one attached hydrogen (secondary N) is 1. The molecule has 31 heavy (non-hydrogen) atoms. The lowest BCUT2D eigenvalue weighted by atomic mass is 9.93. The lowest BCUT2D eigenvalue weighted by molar-refractivity contribution is 0.0850. The highest BCUT2D eigenvalue weighted by Crippen LogP contribution is 2.42. The number of anilines is 1. The summed E-state index contributed by atoms with van der Waals surface area (Å²) in [7, 11) is 0. The second kappa shape index (κ2) is 8.23. The standard InChI is InChI=1S/C25H29Cl2N3O/c1-25(2)7-5-17-13-20(27)15-23(24(17)31-25)30-11-9-29(10-12-30)8-6-18-16-28-22-14-19(26)3-4-21(18)22/h3-4,13-16,28H,5-12H2,1-2H3. The van der Waals surface area contributed by atoms with Gasteiger partial charge in [0.15, 0.2) is 0 Å². The molecule has 0 bridgehead atoms. The van der Waals surface area contributed by atoms with Crippen LogP contribution in [0.2, 0.25) is 10.0 Å². The number of rotatable bonds is 4. The molecule has 5 rings (SSSR count). The maximum absolute atomic E-state index is 6.46. The summed E-state index contributed by atoms with van der Waals surface area (Å²) in [4.78, 5) is 8.34. The van der Waals surface area contributed by atoms with Gasteiger partial charge in [0.05, 0.1) is 5.69 Å². The van der Waals surface area contributed by atoms with Crippen LogP contribution in [0.15, 0.2) is 36.5 Å². The molecule has 0 atom stereocenters. The molecule has 2 aliphatic heterocycles. The highest BCUT2D eigenvalue weighted by molar-refractivity contribution is 6.31. The molecule has 0 amide bonds. The van der Waals surface area contributed by atoms with E-state index in [1.807, 2.05) is 12.1 Å². The monoisotopic (exact) mass is 457 g/mol. The second-order valence-corrected chi connectivity index (χ2v) is 10.2. The predicted octanol–water partition coefficient (Wildman–Crippen LogP) is 5.94. The Balaban J connectivity index is 1.24. The second-order valence-electron chi connectivity index (χ2n) is 9.36. The first-order valence-corrected chi connectivity index (χ1v) is 11.9. The molecule has 6 heteroatoms.